The van der Waals surface area contributed by atoms with Crippen molar-refractivity contribution in [3.63, 3.8) is 0 Å². The average molecular weight is 303 g/mol. The number of hydrogen-bond donors (Lipinski definition) is 1. The van der Waals surface area contributed by atoms with Gasteiger partial charge in [0.05, 0.1) is 0 Å². The van der Waals surface area contributed by atoms with Crippen LogP contribution in [0.15, 0.2) is 42.0 Å². The predicted octanol–water partition coefficient (Wildman–Crippen LogP) is 4.26. The minimum absolute atomic E-state index is 0.0711. The Labute approximate surface area is 126 Å². The second-order valence-electron chi connectivity index (χ2n) is 4.08. The molecule has 0 spiro atoms. The molecule has 0 atom stereocenters. The number of rotatable bonds is 3. The molecule has 0 unspecified atom stereocenters. The van der Waals surface area contributed by atoms with E-state index in [4.69, 9.17) is 16.9 Å². The highest BCUT2D eigenvalue weighted by molar-refractivity contribution is 7.12. The molecule has 0 aliphatic carbocycles. The first kappa shape index (κ1) is 14.3. The van der Waals surface area contributed by atoms with E-state index in [1.54, 1.807) is 30.3 Å². The molecule has 1 heterocycles. The summed E-state index contributed by atoms with van der Waals surface area (Å²) in [5.41, 5.74) is 0.671. The zero-order valence-electron chi connectivity index (χ0n) is 10.7. The van der Waals surface area contributed by atoms with Crippen molar-refractivity contribution < 1.29 is 4.79 Å². The van der Waals surface area contributed by atoms with Gasteiger partial charge in [-0.05, 0) is 49.4 Å². The van der Waals surface area contributed by atoms with Gasteiger partial charge in [0, 0.05) is 20.5 Å². The van der Waals surface area contributed by atoms with Gasteiger partial charge in [-0.25, -0.2) is 0 Å². The summed E-state index contributed by atoms with van der Waals surface area (Å²) in [6.45, 7) is 1.97. The zero-order chi connectivity index (χ0) is 14.5. The Kier molecular flexibility index (Phi) is 4.57. The normalized spacial score (nSPS) is 10.9. The molecule has 0 aliphatic heterocycles. The molecule has 1 aromatic heterocycles. The molecular weight excluding hydrogens is 292 g/mol. The predicted molar refractivity (Wildman–Crippen MR) is 82.7 cm³/mol. The quantitative estimate of drug-likeness (QED) is 0.680. The van der Waals surface area contributed by atoms with Crippen molar-refractivity contribution in [1.29, 1.82) is 5.26 Å². The molecule has 1 amide bonds. The summed E-state index contributed by atoms with van der Waals surface area (Å²) in [5, 5.41) is 12.3. The van der Waals surface area contributed by atoms with E-state index in [0.717, 1.165) is 9.75 Å². The van der Waals surface area contributed by atoms with Gasteiger partial charge in [-0.3, -0.25) is 4.79 Å². The van der Waals surface area contributed by atoms with Crippen molar-refractivity contribution >= 4 is 40.6 Å². The maximum atomic E-state index is 12.0. The first-order valence-electron chi connectivity index (χ1n) is 5.83. The number of carbonyl (C=O) groups is 1. The van der Waals surface area contributed by atoms with Crippen molar-refractivity contribution in [2.24, 2.45) is 0 Å². The highest BCUT2D eigenvalue weighted by Gasteiger charge is 2.10. The molecule has 20 heavy (non-hydrogen) atoms. The minimum Gasteiger partial charge on any atom is -0.321 e. The molecule has 0 bridgehead atoms. The first-order chi connectivity index (χ1) is 9.58. The lowest BCUT2D eigenvalue weighted by molar-refractivity contribution is -0.112. The summed E-state index contributed by atoms with van der Waals surface area (Å²) in [6.07, 6.45) is 1.59. The van der Waals surface area contributed by atoms with E-state index < -0.39 is 5.91 Å². The van der Waals surface area contributed by atoms with Crippen LogP contribution in [0.5, 0.6) is 0 Å². The number of hydrogen-bond acceptors (Lipinski definition) is 3. The van der Waals surface area contributed by atoms with Crippen molar-refractivity contribution in [3.05, 3.63) is 56.7 Å². The summed E-state index contributed by atoms with van der Waals surface area (Å²) in [7, 11) is 0. The second kappa shape index (κ2) is 6.38. The van der Waals surface area contributed by atoms with Crippen molar-refractivity contribution in [1.82, 2.24) is 0 Å². The number of nitriles is 1. The van der Waals surface area contributed by atoms with Crippen LogP contribution in [0.25, 0.3) is 6.08 Å². The van der Waals surface area contributed by atoms with Gasteiger partial charge in [-0.15, -0.1) is 11.3 Å². The zero-order valence-corrected chi connectivity index (χ0v) is 12.3. The average Bonchev–Trinajstić information content (AvgIpc) is 2.84. The number of carbonyl (C=O) groups excluding carboxylic acids is 1. The van der Waals surface area contributed by atoms with E-state index in [-0.39, 0.29) is 5.57 Å². The maximum absolute atomic E-state index is 12.0. The van der Waals surface area contributed by atoms with Gasteiger partial charge in [0.1, 0.15) is 11.6 Å². The Hall–Kier alpha value is -2.09. The number of nitrogens with one attached hydrogen (secondary N) is 1. The van der Waals surface area contributed by atoms with Crippen LogP contribution in [-0.2, 0) is 4.79 Å². The Bertz CT molecular complexity index is 695. The van der Waals surface area contributed by atoms with Gasteiger partial charge in [-0.1, -0.05) is 11.6 Å². The minimum atomic E-state index is -0.430. The summed E-state index contributed by atoms with van der Waals surface area (Å²) in [4.78, 5) is 14.0. The fourth-order valence-corrected chi connectivity index (χ4v) is 2.50. The largest absolute Gasteiger partial charge is 0.321 e. The number of halogens is 1. The van der Waals surface area contributed by atoms with E-state index in [2.05, 4.69) is 5.32 Å². The third-order valence-electron chi connectivity index (χ3n) is 2.51. The Morgan fingerprint density at radius 1 is 1.30 bits per heavy atom. The van der Waals surface area contributed by atoms with Crippen LogP contribution < -0.4 is 5.32 Å². The van der Waals surface area contributed by atoms with Gasteiger partial charge in [0.2, 0.25) is 0 Å². The molecule has 0 saturated heterocycles. The standard InChI is InChI=1S/C15H11ClN2OS/c1-10-2-7-14(20-10)8-11(9-17)15(19)18-13-5-3-12(16)4-6-13/h2-8H,1H3,(H,18,19). The summed E-state index contributed by atoms with van der Waals surface area (Å²) in [5.74, 6) is -0.430. The van der Waals surface area contributed by atoms with Crippen LogP contribution in [0, 0.1) is 18.3 Å². The number of nitrogens with zero attached hydrogens (tertiary/aromatic N) is 1. The SMILES string of the molecule is Cc1ccc(C=C(C#N)C(=O)Nc2ccc(Cl)cc2)s1. The van der Waals surface area contributed by atoms with Gasteiger partial charge >= 0.3 is 0 Å². The van der Waals surface area contributed by atoms with Gasteiger partial charge < -0.3 is 5.32 Å². The molecule has 0 aliphatic rings. The molecule has 1 N–H and O–H groups in total. The van der Waals surface area contributed by atoms with E-state index in [0.29, 0.717) is 10.7 Å². The monoisotopic (exact) mass is 302 g/mol. The molecule has 5 heteroatoms. The molecule has 2 rings (SSSR count). The van der Waals surface area contributed by atoms with Gasteiger partial charge in [0.15, 0.2) is 0 Å². The molecule has 100 valence electrons. The highest BCUT2D eigenvalue weighted by atomic mass is 35.5. The molecular formula is C15H11ClN2OS. The number of anilines is 1. The lowest BCUT2D eigenvalue weighted by Crippen LogP contribution is -2.13. The highest BCUT2D eigenvalue weighted by Crippen LogP contribution is 2.19. The second-order valence-corrected chi connectivity index (χ2v) is 5.84. The maximum Gasteiger partial charge on any atom is 0.266 e. The fraction of sp³-hybridized carbons (Fsp3) is 0.0667. The lowest BCUT2D eigenvalue weighted by Gasteiger charge is -2.03. The van der Waals surface area contributed by atoms with Crippen LogP contribution in [0.4, 0.5) is 5.69 Å². The van der Waals surface area contributed by atoms with Gasteiger partial charge in [-0.2, -0.15) is 5.26 Å². The molecule has 1 aromatic carbocycles. The smallest absolute Gasteiger partial charge is 0.266 e. The van der Waals surface area contributed by atoms with Crippen molar-refractivity contribution in [3.8, 4) is 6.07 Å². The van der Waals surface area contributed by atoms with Crippen molar-refractivity contribution in [2.75, 3.05) is 5.32 Å². The molecule has 3 nitrogen and oxygen atoms in total. The molecule has 0 radical (unpaired) electrons. The van der Waals surface area contributed by atoms with Crippen molar-refractivity contribution in [2.45, 2.75) is 6.92 Å². The third kappa shape index (κ3) is 3.70. The molecule has 0 fully saturated rings. The van der Waals surface area contributed by atoms with E-state index in [1.807, 2.05) is 25.1 Å². The summed E-state index contributed by atoms with van der Waals surface area (Å²) >= 11 is 7.30. The lowest BCUT2D eigenvalue weighted by atomic mass is 10.2. The topological polar surface area (TPSA) is 52.9 Å². The number of aryl methyl sites for hydroxylation is 1. The first-order valence-corrected chi connectivity index (χ1v) is 7.03. The third-order valence-corrected chi connectivity index (χ3v) is 3.71. The number of thiophene rings is 1. The van der Waals surface area contributed by atoms with Gasteiger partial charge in [0.25, 0.3) is 5.91 Å². The molecule has 2 aromatic rings. The molecule has 0 saturated carbocycles. The van der Waals surface area contributed by atoms with Crippen LogP contribution in [0.3, 0.4) is 0 Å². The summed E-state index contributed by atoms with van der Waals surface area (Å²) < 4.78 is 0. The van der Waals surface area contributed by atoms with Crippen LogP contribution in [0.1, 0.15) is 9.75 Å². The fourth-order valence-electron chi connectivity index (χ4n) is 1.55. The van der Waals surface area contributed by atoms with Crippen LogP contribution in [0.2, 0.25) is 5.02 Å². The van der Waals surface area contributed by atoms with E-state index >= 15 is 0 Å². The Balaban J connectivity index is 2.16. The van der Waals surface area contributed by atoms with E-state index in [9.17, 15) is 4.79 Å². The number of benzene rings is 1. The van der Waals surface area contributed by atoms with Crippen LogP contribution in [-0.4, -0.2) is 5.91 Å². The summed E-state index contributed by atoms with van der Waals surface area (Å²) in [6, 6.07) is 12.5. The Morgan fingerprint density at radius 2 is 2.00 bits per heavy atom. The number of amides is 1. The Morgan fingerprint density at radius 3 is 2.55 bits per heavy atom. The van der Waals surface area contributed by atoms with E-state index in [1.165, 1.54) is 11.3 Å². The van der Waals surface area contributed by atoms with Crippen LogP contribution >= 0.6 is 22.9 Å².